The highest BCUT2D eigenvalue weighted by Gasteiger charge is 2.38. The van der Waals surface area contributed by atoms with E-state index in [0.29, 0.717) is 47.6 Å². The van der Waals surface area contributed by atoms with Gasteiger partial charge in [0.15, 0.2) is 16.7 Å². The maximum Gasteiger partial charge on any atom is 0.338 e. The van der Waals surface area contributed by atoms with Crippen LogP contribution in [0.1, 0.15) is 37.9 Å². The van der Waals surface area contributed by atoms with Gasteiger partial charge in [-0.1, -0.05) is 41.6 Å². The van der Waals surface area contributed by atoms with Crippen LogP contribution in [-0.2, 0) is 16.1 Å². The van der Waals surface area contributed by atoms with Crippen LogP contribution in [0.15, 0.2) is 64.3 Å². The normalized spacial score (nSPS) is 16.9. The van der Waals surface area contributed by atoms with Gasteiger partial charge in [0, 0.05) is 16.8 Å². The lowest BCUT2D eigenvalue weighted by atomic mass is 9.94. The van der Waals surface area contributed by atoms with E-state index in [1.807, 2.05) is 66.8 Å². The summed E-state index contributed by atoms with van der Waals surface area (Å²) in [7, 11) is 0. The largest absolute Gasteiger partial charge is 0.490 e. The number of nitrogens with zero attached hydrogens (tertiary/aromatic N) is 2. The van der Waals surface area contributed by atoms with Crippen molar-refractivity contribution in [1.29, 1.82) is 0 Å². The van der Waals surface area contributed by atoms with E-state index in [1.165, 1.54) is 11.8 Å². The van der Waals surface area contributed by atoms with E-state index < -0.39 is 0 Å². The molecule has 4 rings (SSSR count). The van der Waals surface area contributed by atoms with Gasteiger partial charge in [-0.2, -0.15) is 0 Å². The number of rotatable bonds is 8. The molecule has 2 aliphatic rings. The number of hydrogen-bond donors (Lipinski definition) is 0. The molecule has 0 aliphatic carbocycles. The molecule has 0 aromatic heterocycles. The van der Waals surface area contributed by atoms with Crippen LogP contribution in [0, 0.1) is 3.57 Å². The first-order valence-corrected chi connectivity index (χ1v) is 13.2. The number of allylic oxidation sites excluding steroid dienone is 1. The second-order valence-electron chi connectivity index (χ2n) is 7.47. The highest BCUT2D eigenvalue weighted by atomic mass is 127. The Bertz CT molecular complexity index is 1200. The number of esters is 1. The Morgan fingerprint density at radius 3 is 2.74 bits per heavy atom. The number of carbonyl (C=O) groups excluding carboxylic acids is 1. The molecule has 34 heavy (non-hydrogen) atoms. The molecule has 178 valence electrons. The topological polar surface area (TPSA) is 60.4 Å². The monoisotopic (exact) mass is 610 g/mol. The molecule has 2 aliphatic heterocycles. The Balaban J connectivity index is 1.74. The lowest BCUT2D eigenvalue weighted by Crippen LogP contribution is -2.34. The number of benzene rings is 2. The minimum absolute atomic E-state index is 0.292. The van der Waals surface area contributed by atoms with Crippen molar-refractivity contribution < 1.29 is 19.0 Å². The molecule has 2 heterocycles. The molecular formula is C25H24ClIN2O4S. The molecule has 6 nitrogen and oxygen atoms in total. The van der Waals surface area contributed by atoms with Crippen LogP contribution in [0.25, 0.3) is 0 Å². The molecule has 0 saturated carbocycles. The molecule has 2 aromatic carbocycles. The van der Waals surface area contributed by atoms with Crippen LogP contribution in [0.3, 0.4) is 0 Å². The number of ether oxygens (including phenoxy) is 3. The molecule has 0 unspecified atom stereocenters. The van der Waals surface area contributed by atoms with Crippen molar-refractivity contribution in [3.05, 3.63) is 79.0 Å². The molecule has 0 fully saturated rings. The Morgan fingerprint density at radius 1 is 1.21 bits per heavy atom. The van der Waals surface area contributed by atoms with E-state index >= 15 is 0 Å². The number of fused-ring (bicyclic) bond motifs is 1. The second-order valence-corrected chi connectivity index (χ2v) is 9.91. The van der Waals surface area contributed by atoms with Crippen LogP contribution >= 0.6 is 46.0 Å². The summed E-state index contributed by atoms with van der Waals surface area (Å²) in [6, 6.07) is 11.2. The summed E-state index contributed by atoms with van der Waals surface area (Å²) in [6.45, 7) is 6.65. The van der Waals surface area contributed by atoms with Crippen LogP contribution in [-0.4, -0.2) is 29.3 Å². The lowest BCUT2D eigenvalue weighted by molar-refractivity contribution is -0.139. The fourth-order valence-electron chi connectivity index (χ4n) is 3.81. The highest BCUT2D eigenvalue weighted by Crippen LogP contribution is 2.44. The van der Waals surface area contributed by atoms with Gasteiger partial charge in [-0.15, -0.1) is 0 Å². The Kier molecular flexibility index (Phi) is 8.10. The van der Waals surface area contributed by atoms with E-state index in [0.717, 1.165) is 19.9 Å². The van der Waals surface area contributed by atoms with Crippen molar-refractivity contribution in [2.45, 2.75) is 33.4 Å². The number of carbonyl (C=O) groups is 1. The van der Waals surface area contributed by atoms with Crippen molar-refractivity contribution in [2.75, 3.05) is 13.2 Å². The van der Waals surface area contributed by atoms with Gasteiger partial charge in [-0.3, -0.25) is 0 Å². The lowest BCUT2D eigenvalue weighted by Gasteiger charge is -2.33. The molecule has 2 aromatic rings. The van der Waals surface area contributed by atoms with Crippen LogP contribution in [0.2, 0.25) is 5.02 Å². The first-order valence-electron chi connectivity index (χ1n) is 10.8. The third kappa shape index (κ3) is 5.08. The summed E-state index contributed by atoms with van der Waals surface area (Å²) in [5, 5.41) is 3.43. The van der Waals surface area contributed by atoms with E-state index in [4.69, 9.17) is 25.8 Å². The van der Waals surface area contributed by atoms with E-state index in [1.54, 1.807) is 6.92 Å². The van der Waals surface area contributed by atoms with Crippen LogP contribution in [0.4, 0.5) is 0 Å². The maximum absolute atomic E-state index is 13.0. The SMILES string of the molecule is CCOC(=O)C1=C(C)N=C2SC=CN2[C@@H]1c1cc(I)c(OCc2ccccc2Cl)c(OCC)c1. The Hall–Kier alpha value is -2.17. The molecule has 0 radical (unpaired) electrons. The zero-order valence-corrected chi connectivity index (χ0v) is 22.7. The quantitative estimate of drug-likeness (QED) is 0.245. The summed E-state index contributed by atoms with van der Waals surface area (Å²) >= 11 is 10.1. The average molecular weight is 611 g/mol. The molecule has 0 bridgehead atoms. The Labute approximate surface area is 222 Å². The van der Waals surface area contributed by atoms with Crippen molar-refractivity contribution in [3.63, 3.8) is 0 Å². The third-order valence-electron chi connectivity index (χ3n) is 5.29. The molecule has 0 saturated heterocycles. The number of thioether (sulfide) groups is 1. The van der Waals surface area contributed by atoms with Crippen molar-refractivity contribution >= 4 is 57.1 Å². The number of aliphatic imine (C=N–C) groups is 1. The van der Waals surface area contributed by atoms with E-state index in [9.17, 15) is 4.79 Å². The van der Waals surface area contributed by atoms with E-state index in [-0.39, 0.29) is 12.0 Å². The van der Waals surface area contributed by atoms with Gasteiger partial charge < -0.3 is 19.1 Å². The van der Waals surface area contributed by atoms with Gasteiger partial charge in [-0.25, -0.2) is 9.79 Å². The molecule has 0 N–H and O–H groups in total. The van der Waals surface area contributed by atoms with E-state index in [2.05, 4.69) is 27.6 Å². The summed E-state index contributed by atoms with van der Waals surface area (Å²) in [5.74, 6) is 0.878. The van der Waals surface area contributed by atoms with Crippen molar-refractivity contribution in [1.82, 2.24) is 4.90 Å². The molecule has 9 heteroatoms. The summed E-state index contributed by atoms with van der Waals surface area (Å²) in [4.78, 5) is 19.6. The average Bonchev–Trinajstić information content (AvgIpc) is 3.26. The van der Waals surface area contributed by atoms with Crippen molar-refractivity contribution in [2.24, 2.45) is 4.99 Å². The summed E-state index contributed by atoms with van der Waals surface area (Å²) < 4.78 is 18.4. The van der Waals surface area contributed by atoms with Gasteiger partial charge >= 0.3 is 5.97 Å². The van der Waals surface area contributed by atoms with Gasteiger partial charge in [0.05, 0.1) is 34.1 Å². The minimum Gasteiger partial charge on any atom is -0.490 e. The predicted molar refractivity (Wildman–Crippen MR) is 144 cm³/mol. The van der Waals surface area contributed by atoms with Gasteiger partial charge in [0.25, 0.3) is 0 Å². The number of hydrogen-bond acceptors (Lipinski definition) is 7. The maximum atomic E-state index is 13.0. The number of amidine groups is 1. The standard InChI is InChI=1S/C25H24ClIN2O4S/c1-4-31-20-13-17(12-19(27)23(20)33-14-16-8-6-7-9-18(16)26)22-21(24(30)32-5-2)15(3)28-25-29(22)10-11-34-25/h6-13,22H,4-5,14H2,1-3H3/t22-/m1/s1. The fraction of sp³-hybridized carbons (Fsp3) is 0.280. The Morgan fingerprint density at radius 2 is 2.00 bits per heavy atom. The minimum atomic E-state index is -0.386. The summed E-state index contributed by atoms with van der Waals surface area (Å²) in [6.07, 6.45) is 1.94. The predicted octanol–water partition coefficient (Wildman–Crippen LogP) is 6.69. The molecule has 1 atom stereocenters. The molecular weight excluding hydrogens is 587 g/mol. The van der Waals surface area contributed by atoms with Gasteiger partial charge in [0.2, 0.25) is 0 Å². The molecule has 0 amide bonds. The zero-order chi connectivity index (χ0) is 24.2. The highest BCUT2D eigenvalue weighted by molar-refractivity contribution is 14.1. The van der Waals surface area contributed by atoms with Gasteiger partial charge in [-0.05, 0) is 72.5 Å². The summed E-state index contributed by atoms with van der Waals surface area (Å²) in [5.41, 5.74) is 2.94. The fourth-order valence-corrected chi connectivity index (χ4v) is 5.58. The second kappa shape index (κ2) is 11.0. The van der Waals surface area contributed by atoms with Crippen LogP contribution in [0.5, 0.6) is 11.5 Å². The van der Waals surface area contributed by atoms with Crippen LogP contribution < -0.4 is 9.47 Å². The smallest absolute Gasteiger partial charge is 0.338 e. The zero-order valence-electron chi connectivity index (χ0n) is 19.0. The first-order chi connectivity index (χ1) is 16.4. The molecule has 0 spiro atoms. The van der Waals surface area contributed by atoms with Crippen molar-refractivity contribution in [3.8, 4) is 11.5 Å². The number of halogens is 2. The first kappa shape index (κ1) is 24.9. The van der Waals surface area contributed by atoms with Gasteiger partial charge in [0.1, 0.15) is 6.61 Å². The third-order valence-corrected chi connectivity index (χ3v) is 7.23.